The fraction of sp³-hybridized carbons (Fsp3) is 0.727. The molecule has 0 fully saturated rings. The van der Waals surface area contributed by atoms with E-state index in [1.54, 1.807) is 0 Å². The van der Waals surface area contributed by atoms with E-state index >= 15 is 0 Å². The molecule has 0 radical (unpaired) electrons. The predicted molar refractivity (Wildman–Crippen MR) is 62.3 cm³/mol. The van der Waals surface area contributed by atoms with Gasteiger partial charge in [-0.25, -0.2) is 0 Å². The van der Waals surface area contributed by atoms with Crippen LogP contribution < -0.4 is 11.3 Å². The average molecular weight is 210 g/mol. The summed E-state index contributed by atoms with van der Waals surface area (Å²) in [6.07, 6.45) is 3.14. The van der Waals surface area contributed by atoms with E-state index < -0.39 is 0 Å². The molecule has 86 valence electrons. The third kappa shape index (κ3) is 2.79. The second kappa shape index (κ2) is 5.88. The van der Waals surface area contributed by atoms with Gasteiger partial charge in [0.25, 0.3) is 0 Å². The summed E-state index contributed by atoms with van der Waals surface area (Å²) in [6.45, 7) is 7.29. The molecule has 3 N–H and O–H groups in total. The van der Waals surface area contributed by atoms with E-state index in [9.17, 15) is 0 Å². The average Bonchev–Trinajstić information content (AvgIpc) is 2.68. The Morgan fingerprint density at radius 2 is 2.20 bits per heavy atom. The highest BCUT2D eigenvalue weighted by Gasteiger charge is 2.14. The molecule has 0 aliphatic heterocycles. The summed E-state index contributed by atoms with van der Waals surface area (Å²) in [6, 6.07) is 2.38. The van der Waals surface area contributed by atoms with Crippen LogP contribution in [0.4, 0.5) is 0 Å². The van der Waals surface area contributed by atoms with Crippen LogP contribution in [0, 0.1) is 0 Å². The topological polar surface area (TPSA) is 55.9 Å². The molecule has 0 bridgehead atoms. The summed E-state index contributed by atoms with van der Waals surface area (Å²) < 4.78 is 2.04. The Balaban J connectivity index is 2.93. The van der Waals surface area contributed by atoms with Gasteiger partial charge in [0.1, 0.15) is 0 Å². The Labute approximate surface area is 91.8 Å². The Morgan fingerprint density at radius 3 is 2.67 bits per heavy atom. The van der Waals surface area contributed by atoms with Crippen LogP contribution in [0.3, 0.4) is 0 Å². The number of aryl methyl sites for hydroxylation is 2. The molecule has 4 nitrogen and oxygen atoms in total. The maximum atomic E-state index is 5.57. The number of nitrogens with one attached hydrogen (secondary N) is 1. The number of hydrogen-bond acceptors (Lipinski definition) is 3. The lowest BCUT2D eigenvalue weighted by molar-refractivity contribution is 0.462. The van der Waals surface area contributed by atoms with Crippen LogP contribution in [0.15, 0.2) is 6.07 Å². The third-order valence-corrected chi connectivity index (χ3v) is 2.66. The van der Waals surface area contributed by atoms with Gasteiger partial charge in [-0.2, -0.15) is 5.10 Å². The van der Waals surface area contributed by atoms with Gasteiger partial charge in [0.15, 0.2) is 0 Å². The largest absolute Gasteiger partial charge is 0.271 e. The van der Waals surface area contributed by atoms with Crippen molar-refractivity contribution in [3.05, 3.63) is 17.5 Å². The van der Waals surface area contributed by atoms with Crippen molar-refractivity contribution in [2.45, 2.75) is 52.6 Å². The van der Waals surface area contributed by atoms with Crippen LogP contribution in [0.5, 0.6) is 0 Å². The summed E-state index contributed by atoms with van der Waals surface area (Å²) in [5.41, 5.74) is 5.22. The third-order valence-electron chi connectivity index (χ3n) is 2.66. The molecule has 4 heteroatoms. The monoisotopic (exact) mass is 210 g/mol. The van der Waals surface area contributed by atoms with Gasteiger partial charge in [-0.1, -0.05) is 20.3 Å². The van der Waals surface area contributed by atoms with Crippen molar-refractivity contribution in [1.82, 2.24) is 15.2 Å². The summed E-state index contributed by atoms with van der Waals surface area (Å²) in [4.78, 5) is 0. The zero-order valence-corrected chi connectivity index (χ0v) is 9.95. The lowest BCUT2D eigenvalue weighted by Crippen LogP contribution is -2.29. The van der Waals surface area contributed by atoms with Crippen molar-refractivity contribution in [1.29, 1.82) is 0 Å². The van der Waals surface area contributed by atoms with Gasteiger partial charge in [0, 0.05) is 6.54 Å². The lowest BCUT2D eigenvalue weighted by Gasteiger charge is -2.15. The first-order valence-corrected chi connectivity index (χ1v) is 5.79. The van der Waals surface area contributed by atoms with Gasteiger partial charge in [0.05, 0.1) is 17.4 Å². The predicted octanol–water partition coefficient (Wildman–Crippen LogP) is 1.77. The minimum atomic E-state index is 0.225. The fourth-order valence-electron chi connectivity index (χ4n) is 1.80. The van der Waals surface area contributed by atoms with E-state index in [-0.39, 0.29) is 6.04 Å². The maximum absolute atomic E-state index is 5.57. The van der Waals surface area contributed by atoms with Crippen LogP contribution >= 0.6 is 0 Å². The summed E-state index contributed by atoms with van der Waals surface area (Å²) in [5.74, 6) is 5.57. The molecule has 1 rings (SSSR count). The molecule has 0 amide bonds. The van der Waals surface area contributed by atoms with Crippen molar-refractivity contribution < 1.29 is 0 Å². The number of hydrazine groups is 1. The van der Waals surface area contributed by atoms with Crippen molar-refractivity contribution >= 4 is 0 Å². The molecule has 1 heterocycles. The zero-order valence-electron chi connectivity index (χ0n) is 9.95. The second-order valence-corrected chi connectivity index (χ2v) is 3.74. The zero-order chi connectivity index (χ0) is 11.3. The highest BCUT2D eigenvalue weighted by atomic mass is 15.3. The molecule has 1 atom stereocenters. The van der Waals surface area contributed by atoms with Gasteiger partial charge in [-0.3, -0.25) is 16.0 Å². The number of nitrogens with zero attached hydrogens (tertiary/aromatic N) is 2. The Kier molecular flexibility index (Phi) is 4.78. The molecular weight excluding hydrogens is 188 g/mol. The Bertz CT molecular complexity index is 293. The van der Waals surface area contributed by atoms with Crippen LogP contribution in [0.1, 0.15) is 51.0 Å². The van der Waals surface area contributed by atoms with Crippen LogP contribution in [-0.4, -0.2) is 9.78 Å². The van der Waals surface area contributed by atoms with Crippen molar-refractivity contribution in [3.8, 4) is 0 Å². The second-order valence-electron chi connectivity index (χ2n) is 3.74. The van der Waals surface area contributed by atoms with Crippen molar-refractivity contribution in [2.24, 2.45) is 5.84 Å². The molecule has 0 aliphatic carbocycles. The molecule has 1 unspecified atom stereocenters. The quantitative estimate of drug-likeness (QED) is 0.556. The molecule has 15 heavy (non-hydrogen) atoms. The van der Waals surface area contributed by atoms with E-state index in [2.05, 4.69) is 37.4 Å². The van der Waals surface area contributed by atoms with E-state index in [1.165, 1.54) is 5.69 Å². The number of nitrogens with two attached hydrogens (primary N) is 1. The fourth-order valence-corrected chi connectivity index (χ4v) is 1.80. The molecule has 0 spiro atoms. The first-order valence-electron chi connectivity index (χ1n) is 5.79. The number of hydrogen-bond donors (Lipinski definition) is 2. The molecule has 0 aromatic carbocycles. The minimum Gasteiger partial charge on any atom is -0.271 e. The first-order chi connectivity index (χ1) is 7.26. The van der Waals surface area contributed by atoms with E-state index in [4.69, 9.17) is 5.84 Å². The van der Waals surface area contributed by atoms with E-state index in [0.717, 1.165) is 31.5 Å². The van der Waals surface area contributed by atoms with Crippen LogP contribution in [0.25, 0.3) is 0 Å². The highest BCUT2D eigenvalue weighted by molar-refractivity contribution is 5.14. The van der Waals surface area contributed by atoms with Gasteiger partial charge in [-0.15, -0.1) is 0 Å². The first kappa shape index (κ1) is 12.2. The number of rotatable bonds is 6. The molecule has 0 saturated heterocycles. The lowest BCUT2D eigenvalue weighted by atomic mass is 10.1. The van der Waals surface area contributed by atoms with E-state index in [1.807, 2.05) is 4.68 Å². The van der Waals surface area contributed by atoms with Gasteiger partial charge >= 0.3 is 0 Å². The summed E-state index contributed by atoms with van der Waals surface area (Å²) in [5, 5.41) is 4.52. The highest BCUT2D eigenvalue weighted by Crippen LogP contribution is 2.19. The maximum Gasteiger partial charge on any atom is 0.0629 e. The smallest absolute Gasteiger partial charge is 0.0629 e. The summed E-state index contributed by atoms with van der Waals surface area (Å²) in [7, 11) is 0. The van der Waals surface area contributed by atoms with Crippen LogP contribution in [0.2, 0.25) is 0 Å². The van der Waals surface area contributed by atoms with Crippen molar-refractivity contribution in [2.75, 3.05) is 0 Å². The summed E-state index contributed by atoms with van der Waals surface area (Å²) >= 11 is 0. The Hall–Kier alpha value is -0.870. The Morgan fingerprint density at radius 1 is 1.47 bits per heavy atom. The van der Waals surface area contributed by atoms with Crippen molar-refractivity contribution in [3.63, 3.8) is 0 Å². The molecule has 0 saturated carbocycles. The normalized spacial score (nSPS) is 13.1. The van der Waals surface area contributed by atoms with E-state index in [0.29, 0.717) is 0 Å². The SMILES string of the molecule is CCCC(NN)c1cc(CC)nn1CC. The standard InChI is InChI=1S/C11H22N4/c1-4-7-10(13-12)11-8-9(5-2)14-15(11)6-3/h8,10,13H,4-7,12H2,1-3H3. The minimum absolute atomic E-state index is 0.225. The molecule has 1 aromatic heterocycles. The molecule has 1 aromatic rings. The molecule has 0 aliphatic rings. The molecular formula is C11H22N4. The van der Waals surface area contributed by atoms with Gasteiger partial charge in [-0.05, 0) is 25.8 Å². The van der Waals surface area contributed by atoms with Gasteiger partial charge < -0.3 is 0 Å². The van der Waals surface area contributed by atoms with Gasteiger partial charge in [0.2, 0.25) is 0 Å². The van der Waals surface area contributed by atoms with Crippen LogP contribution in [-0.2, 0) is 13.0 Å². The number of aromatic nitrogens is 2.